The third-order valence-electron chi connectivity index (χ3n) is 1.72. The summed E-state index contributed by atoms with van der Waals surface area (Å²) in [4.78, 5) is 4.07. The van der Waals surface area contributed by atoms with Crippen LogP contribution in [-0.4, -0.2) is 50.8 Å². The summed E-state index contributed by atoms with van der Waals surface area (Å²) in [6.45, 7) is 0. The van der Waals surface area contributed by atoms with E-state index in [1.807, 2.05) is 0 Å². The number of H-pyrrole nitrogens is 2. The standard InChI is InChI=1S/C5H4N10/c1-3(4-7-11-12-8-4)6-2-15(1)5-9-13-14-10-5/h1-2H,(H,7,8,11,12)(H,9,10,13,14). The van der Waals surface area contributed by atoms with Gasteiger partial charge >= 0.3 is 0 Å². The second-order valence-electron chi connectivity index (χ2n) is 2.61. The van der Waals surface area contributed by atoms with Crippen molar-refractivity contribution < 1.29 is 0 Å². The van der Waals surface area contributed by atoms with Gasteiger partial charge in [0.15, 0.2) is 0 Å². The number of nitrogens with zero attached hydrogens (tertiary/aromatic N) is 8. The highest BCUT2D eigenvalue weighted by Gasteiger charge is 2.08. The molecule has 0 atom stereocenters. The van der Waals surface area contributed by atoms with E-state index in [1.54, 1.807) is 10.8 Å². The number of nitrogens with one attached hydrogen (secondary N) is 2. The average molecular weight is 204 g/mol. The molecule has 0 aromatic carbocycles. The molecule has 10 heteroatoms. The number of imidazole rings is 1. The highest BCUT2D eigenvalue weighted by molar-refractivity contribution is 5.46. The van der Waals surface area contributed by atoms with E-state index in [-0.39, 0.29) is 0 Å². The van der Waals surface area contributed by atoms with Crippen LogP contribution < -0.4 is 0 Å². The van der Waals surface area contributed by atoms with Crippen LogP contribution in [0.2, 0.25) is 0 Å². The zero-order chi connectivity index (χ0) is 10.1. The Morgan fingerprint density at radius 3 is 2.67 bits per heavy atom. The van der Waals surface area contributed by atoms with Crippen molar-refractivity contribution in [3.05, 3.63) is 12.5 Å². The lowest BCUT2D eigenvalue weighted by atomic mass is 10.5. The van der Waals surface area contributed by atoms with E-state index >= 15 is 0 Å². The van der Waals surface area contributed by atoms with Crippen LogP contribution in [0, 0.1) is 0 Å². The van der Waals surface area contributed by atoms with E-state index in [4.69, 9.17) is 0 Å². The molecular formula is C5H4N10. The lowest BCUT2D eigenvalue weighted by Gasteiger charge is -1.88. The van der Waals surface area contributed by atoms with Gasteiger partial charge < -0.3 is 0 Å². The van der Waals surface area contributed by atoms with Gasteiger partial charge in [-0.05, 0) is 10.4 Å². The van der Waals surface area contributed by atoms with Crippen LogP contribution in [0.5, 0.6) is 0 Å². The molecular weight excluding hydrogens is 200 g/mol. The van der Waals surface area contributed by atoms with Crippen molar-refractivity contribution in [2.24, 2.45) is 0 Å². The van der Waals surface area contributed by atoms with Crippen molar-refractivity contribution in [2.45, 2.75) is 0 Å². The molecule has 0 spiro atoms. The van der Waals surface area contributed by atoms with E-state index in [9.17, 15) is 0 Å². The van der Waals surface area contributed by atoms with Crippen molar-refractivity contribution in [1.29, 1.82) is 0 Å². The molecule has 0 unspecified atom stereocenters. The fourth-order valence-electron chi connectivity index (χ4n) is 1.08. The number of rotatable bonds is 2. The Balaban J connectivity index is 2.02. The molecule has 0 aliphatic heterocycles. The highest BCUT2D eigenvalue weighted by Crippen LogP contribution is 2.10. The summed E-state index contributed by atoms with van der Waals surface area (Å²) < 4.78 is 1.59. The van der Waals surface area contributed by atoms with Gasteiger partial charge in [0.25, 0.3) is 5.95 Å². The molecule has 0 radical (unpaired) electrons. The quantitative estimate of drug-likeness (QED) is 0.523. The molecule has 3 aromatic rings. The number of aromatic amines is 2. The van der Waals surface area contributed by atoms with Gasteiger partial charge in [0, 0.05) is 6.20 Å². The lowest BCUT2D eigenvalue weighted by molar-refractivity contribution is 0.881. The summed E-state index contributed by atoms with van der Waals surface area (Å²) in [5.41, 5.74) is 0.577. The molecule has 74 valence electrons. The minimum Gasteiger partial charge on any atom is -0.271 e. The third kappa shape index (κ3) is 1.23. The van der Waals surface area contributed by atoms with E-state index in [1.165, 1.54) is 6.33 Å². The average Bonchev–Trinajstić information content (AvgIpc) is 3.02. The zero-order valence-electron chi connectivity index (χ0n) is 7.23. The lowest BCUT2D eigenvalue weighted by Crippen LogP contribution is -1.92. The van der Waals surface area contributed by atoms with Gasteiger partial charge in [0.2, 0.25) is 5.82 Å². The summed E-state index contributed by atoms with van der Waals surface area (Å²) in [6, 6.07) is 0. The smallest absolute Gasteiger partial charge is 0.271 e. The predicted molar refractivity (Wildman–Crippen MR) is 44.5 cm³/mol. The van der Waals surface area contributed by atoms with Crippen LogP contribution in [0.4, 0.5) is 0 Å². The Hall–Kier alpha value is -2.65. The van der Waals surface area contributed by atoms with E-state index in [0.717, 1.165) is 0 Å². The van der Waals surface area contributed by atoms with Crippen molar-refractivity contribution in [2.75, 3.05) is 0 Å². The molecule has 0 aliphatic rings. The molecule has 10 nitrogen and oxygen atoms in total. The first kappa shape index (κ1) is 7.73. The zero-order valence-corrected chi connectivity index (χ0v) is 7.23. The topological polar surface area (TPSA) is 127 Å². The molecule has 0 fully saturated rings. The van der Waals surface area contributed by atoms with Crippen molar-refractivity contribution in [3.63, 3.8) is 0 Å². The Morgan fingerprint density at radius 1 is 1.07 bits per heavy atom. The minimum absolute atomic E-state index is 0.400. The molecule has 15 heavy (non-hydrogen) atoms. The van der Waals surface area contributed by atoms with Crippen molar-refractivity contribution >= 4 is 0 Å². The van der Waals surface area contributed by atoms with Gasteiger partial charge in [0.1, 0.15) is 12.0 Å². The van der Waals surface area contributed by atoms with Crippen molar-refractivity contribution in [1.82, 2.24) is 50.8 Å². The molecule has 0 bridgehead atoms. The van der Waals surface area contributed by atoms with Crippen LogP contribution in [0.1, 0.15) is 0 Å². The Morgan fingerprint density at radius 2 is 1.93 bits per heavy atom. The number of hydrogen-bond acceptors (Lipinski definition) is 7. The molecule has 0 aliphatic carbocycles. The third-order valence-corrected chi connectivity index (χ3v) is 1.72. The Bertz CT molecular complexity index is 483. The number of hydrogen-bond donors (Lipinski definition) is 2. The van der Waals surface area contributed by atoms with Crippen LogP contribution >= 0.6 is 0 Å². The molecule has 3 rings (SSSR count). The number of aromatic nitrogens is 10. The summed E-state index contributed by atoms with van der Waals surface area (Å²) in [6.07, 6.45) is 3.21. The van der Waals surface area contributed by atoms with Gasteiger partial charge in [-0.2, -0.15) is 10.4 Å². The molecule has 3 aromatic heterocycles. The Labute approximate surface area is 81.7 Å². The van der Waals surface area contributed by atoms with Crippen LogP contribution in [0.15, 0.2) is 12.5 Å². The normalized spacial score (nSPS) is 10.7. The van der Waals surface area contributed by atoms with Crippen LogP contribution in [0.3, 0.4) is 0 Å². The van der Waals surface area contributed by atoms with E-state index < -0.39 is 0 Å². The first-order valence-electron chi connectivity index (χ1n) is 3.95. The summed E-state index contributed by atoms with van der Waals surface area (Å²) in [7, 11) is 0. The van der Waals surface area contributed by atoms with Gasteiger partial charge in [-0.3, -0.25) is 4.57 Å². The fraction of sp³-hybridized carbons (Fsp3) is 0. The molecule has 3 heterocycles. The minimum atomic E-state index is 0.400. The molecule has 0 amide bonds. The summed E-state index contributed by atoms with van der Waals surface area (Å²) >= 11 is 0. The maximum atomic E-state index is 4.07. The maximum absolute atomic E-state index is 4.07. The largest absolute Gasteiger partial charge is 0.275 e. The molecule has 2 N–H and O–H groups in total. The van der Waals surface area contributed by atoms with Gasteiger partial charge in [-0.25, -0.2) is 4.98 Å². The van der Waals surface area contributed by atoms with Crippen molar-refractivity contribution in [3.8, 4) is 17.5 Å². The van der Waals surface area contributed by atoms with Crippen LogP contribution in [-0.2, 0) is 0 Å². The number of tetrazole rings is 2. The monoisotopic (exact) mass is 204 g/mol. The molecule has 0 saturated heterocycles. The van der Waals surface area contributed by atoms with Gasteiger partial charge in [-0.15, -0.1) is 15.3 Å². The first-order valence-corrected chi connectivity index (χ1v) is 3.95. The molecule has 0 saturated carbocycles. The SMILES string of the molecule is c1nc(-c2nn[nH]n2)cn1-c1nn[nH]n1. The van der Waals surface area contributed by atoms with Crippen LogP contribution in [0.25, 0.3) is 17.5 Å². The summed E-state index contributed by atoms with van der Waals surface area (Å²) in [5.74, 6) is 0.814. The second-order valence-corrected chi connectivity index (χ2v) is 2.61. The van der Waals surface area contributed by atoms with Gasteiger partial charge in [-0.1, -0.05) is 5.10 Å². The second kappa shape index (κ2) is 2.94. The maximum Gasteiger partial charge on any atom is 0.275 e. The predicted octanol–water partition coefficient (Wildman–Crippen LogP) is -1.43. The van der Waals surface area contributed by atoms with E-state index in [0.29, 0.717) is 17.5 Å². The van der Waals surface area contributed by atoms with Gasteiger partial charge in [0.05, 0.1) is 0 Å². The first-order chi connectivity index (χ1) is 7.43. The van der Waals surface area contributed by atoms with E-state index in [2.05, 4.69) is 46.2 Å². The Kier molecular flexibility index (Phi) is 1.51. The fourth-order valence-corrected chi connectivity index (χ4v) is 1.08. The highest BCUT2D eigenvalue weighted by atomic mass is 15.5. The summed E-state index contributed by atoms with van der Waals surface area (Å²) in [5, 5.41) is 26.7.